The van der Waals surface area contributed by atoms with Crippen molar-refractivity contribution in [3.05, 3.63) is 72.3 Å². The molecule has 2 aromatic rings. The molecule has 0 saturated heterocycles. The standard InChI is InChI=1S/C25H40NSi3/c1-10-24(26(28(4,5)6)29(7,8)9)20-27(3)25-18-16-23(17-19-25)21(2)22-14-12-11-13-15-22/h11-19,24H,2,10,20H2,1,3-9H3. The third-order valence-corrected chi connectivity index (χ3v) is 15.7. The minimum atomic E-state index is -1.34. The second-order valence-corrected chi connectivity index (χ2v) is 22.8. The van der Waals surface area contributed by atoms with Crippen molar-refractivity contribution in [1.82, 2.24) is 4.23 Å². The van der Waals surface area contributed by atoms with E-state index < -0.39 is 25.3 Å². The van der Waals surface area contributed by atoms with E-state index in [1.165, 1.54) is 23.6 Å². The van der Waals surface area contributed by atoms with Gasteiger partial charge in [-0.2, -0.15) is 0 Å². The Morgan fingerprint density at radius 2 is 1.34 bits per heavy atom. The number of benzene rings is 2. The highest BCUT2D eigenvalue weighted by Gasteiger charge is 2.39. The second-order valence-electron chi connectivity index (χ2n) is 10.2. The Balaban J connectivity index is 2.17. The van der Waals surface area contributed by atoms with Crippen LogP contribution in [0.15, 0.2) is 61.2 Å². The van der Waals surface area contributed by atoms with Crippen LogP contribution in [0, 0.1) is 0 Å². The maximum Gasteiger partial charge on any atom is 0.112 e. The van der Waals surface area contributed by atoms with Gasteiger partial charge in [0.25, 0.3) is 0 Å². The van der Waals surface area contributed by atoms with E-state index in [2.05, 4.69) is 118 Å². The van der Waals surface area contributed by atoms with Gasteiger partial charge in [0.05, 0.1) is 8.80 Å². The van der Waals surface area contributed by atoms with E-state index in [0.29, 0.717) is 0 Å². The number of nitrogens with zero attached hydrogens (tertiary/aromatic N) is 1. The molecule has 157 valence electrons. The summed E-state index contributed by atoms with van der Waals surface area (Å²) in [5, 5.41) is 1.55. The molecule has 0 aliphatic heterocycles. The molecule has 0 bridgehead atoms. The van der Waals surface area contributed by atoms with Crippen LogP contribution in [-0.4, -0.2) is 35.5 Å². The maximum absolute atomic E-state index is 4.32. The highest BCUT2D eigenvalue weighted by Crippen LogP contribution is 2.27. The average molecular weight is 439 g/mol. The summed E-state index contributed by atoms with van der Waals surface area (Å²) >= 11 is 0. The van der Waals surface area contributed by atoms with Crippen molar-refractivity contribution in [2.45, 2.75) is 71.3 Å². The maximum atomic E-state index is 4.32. The van der Waals surface area contributed by atoms with Gasteiger partial charge in [-0.25, -0.2) is 0 Å². The van der Waals surface area contributed by atoms with Crippen LogP contribution in [0.4, 0.5) is 0 Å². The van der Waals surface area contributed by atoms with Crippen molar-refractivity contribution in [3.8, 4) is 0 Å². The van der Waals surface area contributed by atoms with E-state index in [1.807, 2.05) is 0 Å². The minimum absolute atomic E-state index is 0.574. The van der Waals surface area contributed by atoms with Crippen LogP contribution < -0.4 is 5.19 Å². The zero-order valence-corrected chi connectivity index (χ0v) is 22.8. The molecule has 1 unspecified atom stereocenters. The highest BCUT2D eigenvalue weighted by molar-refractivity contribution is 6.89. The topological polar surface area (TPSA) is 3.24 Å². The molecule has 4 heteroatoms. The second kappa shape index (κ2) is 9.73. The molecule has 2 rings (SSSR count). The van der Waals surface area contributed by atoms with Crippen LogP contribution >= 0.6 is 0 Å². The lowest BCUT2D eigenvalue weighted by Gasteiger charge is -2.49. The summed E-state index contributed by atoms with van der Waals surface area (Å²) in [6.07, 6.45) is 1.26. The van der Waals surface area contributed by atoms with Crippen molar-refractivity contribution < 1.29 is 0 Å². The first-order chi connectivity index (χ1) is 13.4. The summed E-state index contributed by atoms with van der Waals surface area (Å²) in [6, 6.07) is 21.8. The first-order valence-electron chi connectivity index (χ1n) is 10.9. The fourth-order valence-corrected chi connectivity index (χ4v) is 18.1. The van der Waals surface area contributed by atoms with Crippen molar-refractivity contribution in [2.24, 2.45) is 0 Å². The molecule has 1 atom stereocenters. The molecule has 0 saturated carbocycles. The van der Waals surface area contributed by atoms with E-state index in [9.17, 15) is 0 Å². The van der Waals surface area contributed by atoms with Crippen LogP contribution in [0.1, 0.15) is 24.5 Å². The quantitative estimate of drug-likeness (QED) is 0.388. The van der Waals surface area contributed by atoms with Gasteiger partial charge in [-0.15, -0.1) is 0 Å². The SMILES string of the molecule is C=C(c1ccccc1)c1ccc([Si](C)CC(CC)N([Si](C)(C)C)[Si](C)(C)C)cc1. The Kier molecular flexibility index (Phi) is 8.08. The van der Waals surface area contributed by atoms with E-state index >= 15 is 0 Å². The molecule has 0 aliphatic rings. The smallest absolute Gasteiger partial charge is 0.112 e. The molecule has 0 N–H and O–H groups in total. The monoisotopic (exact) mass is 438 g/mol. The van der Waals surface area contributed by atoms with Gasteiger partial charge < -0.3 is 4.23 Å². The van der Waals surface area contributed by atoms with E-state index in [4.69, 9.17) is 0 Å². The van der Waals surface area contributed by atoms with Gasteiger partial charge >= 0.3 is 0 Å². The molecular weight excluding hydrogens is 399 g/mol. The third-order valence-electron chi connectivity index (χ3n) is 5.67. The molecule has 0 spiro atoms. The average Bonchev–Trinajstić information content (AvgIpc) is 2.65. The van der Waals surface area contributed by atoms with Gasteiger partial charge in [-0.3, -0.25) is 0 Å². The molecule has 2 aromatic carbocycles. The normalized spacial score (nSPS) is 13.7. The minimum Gasteiger partial charge on any atom is -0.343 e. The van der Waals surface area contributed by atoms with Crippen LogP contribution in [0.25, 0.3) is 5.57 Å². The zero-order valence-electron chi connectivity index (χ0n) is 19.8. The van der Waals surface area contributed by atoms with Crippen LogP contribution in [0.5, 0.6) is 0 Å². The summed E-state index contributed by atoms with van der Waals surface area (Å²) in [7, 11) is -3.25. The Hall–Kier alpha value is -1.21. The lowest BCUT2D eigenvalue weighted by Crippen LogP contribution is -2.63. The van der Waals surface area contributed by atoms with Crippen molar-refractivity contribution in [2.75, 3.05) is 0 Å². The first-order valence-corrected chi connectivity index (χ1v) is 20.0. The molecule has 0 amide bonds. The molecular formula is C25H40NSi3. The van der Waals surface area contributed by atoms with E-state index in [-0.39, 0.29) is 0 Å². The third kappa shape index (κ3) is 6.38. The molecule has 0 heterocycles. The Morgan fingerprint density at radius 1 is 0.862 bits per heavy atom. The lowest BCUT2D eigenvalue weighted by molar-refractivity contribution is 0.457. The Labute approximate surface area is 183 Å². The summed E-state index contributed by atoms with van der Waals surface area (Å²) in [5.41, 5.74) is 3.54. The largest absolute Gasteiger partial charge is 0.343 e. The van der Waals surface area contributed by atoms with Gasteiger partial charge in [0.2, 0.25) is 0 Å². The Bertz CT molecular complexity index is 772. The highest BCUT2D eigenvalue weighted by atomic mass is 28.4. The van der Waals surface area contributed by atoms with Gasteiger partial charge in [-0.1, -0.05) is 119 Å². The van der Waals surface area contributed by atoms with Gasteiger partial charge in [0.1, 0.15) is 16.5 Å². The summed E-state index contributed by atoms with van der Waals surface area (Å²) in [4.78, 5) is 0. The molecule has 1 nitrogen and oxygen atoms in total. The number of hydrogen-bond acceptors (Lipinski definition) is 1. The van der Waals surface area contributed by atoms with Crippen LogP contribution in [-0.2, 0) is 0 Å². The fraction of sp³-hybridized carbons (Fsp3) is 0.440. The number of hydrogen-bond donors (Lipinski definition) is 0. The predicted molar refractivity (Wildman–Crippen MR) is 140 cm³/mol. The molecule has 0 fully saturated rings. The molecule has 0 aliphatic carbocycles. The summed E-state index contributed by atoms with van der Waals surface area (Å²) in [5.74, 6) is 0. The van der Waals surface area contributed by atoms with Crippen LogP contribution in [0.3, 0.4) is 0 Å². The van der Waals surface area contributed by atoms with Crippen molar-refractivity contribution in [3.63, 3.8) is 0 Å². The Morgan fingerprint density at radius 3 is 1.79 bits per heavy atom. The predicted octanol–water partition coefficient (Wildman–Crippen LogP) is 6.83. The molecule has 29 heavy (non-hydrogen) atoms. The van der Waals surface area contributed by atoms with Gasteiger partial charge in [0, 0.05) is 0 Å². The first kappa shape index (κ1) is 24.1. The van der Waals surface area contributed by atoms with Crippen molar-refractivity contribution in [1.29, 1.82) is 0 Å². The molecule has 0 aromatic heterocycles. The van der Waals surface area contributed by atoms with Gasteiger partial charge in [-0.05, 0) is 35.2 Å². The van der Waals surface area contributed by atoms with Crippen LogP contribution in [0.2, 0.25) is 51.9 Å². The number of rotatable bonds is 9. The fourth-order valence-electron chi connectivity index (χ4n) is 4.75. The van der Waals surface area contributed by atoms with Gasteiger partial charge in [0.15, 0.2) is 0 Å². The zero-order chi connectivity index (χ0) is 21.8. The van der Waals surface area contributed by atoms with E-state index in [0.717, 1.165) is 11.6 Å². The molecule has 1 radical (unpaired) electrons. The lowest BCUT2D eigenvalue weighted by atomic mass is 10.00. The van der Waals surface area contributed by atoms with Crippen molar-refractivity contribution >= 4 is 36.0 Å². The van der Waals surface area contributed by atoms with E-state index in [1.54, 1.807) is 5.19 Å². The summed E-state index contributed by atoms with van der Waals surface area (Å²) < 4.78 is 3.01. The summed E-state index contributed by atoms with van der Waals surface area (Å²) in [6.45, 7) is 24.4.